The maximum Gasteiger partial charge on any atom is 0.228 e. The number of nitrogens with zero attached hydrogens (tertiary/aromatic N) is 1. The zero-order valence-electron chi connectivity index (χ0n) is 13.2. The van der Waals surface area contributed by atoms with Crippen LogP contribution in [0.2, 0.25) is 0 Å². The second-order valence-corrected chi connectivity index (χ2v) is 5.52. The number of hydrogen-bond donors (Lipinski definition) is 1. The molecule has 1 aliphatic rings. The van der Waals surface area contributed by atoms with E-state index in [1.807, 2.05) is 0 Å². The predicted molar refractivity (Wildman–Crippen MR) is 88.7 cm³/mol. The average molecular weight is 328 g/mol. The van der Waals surface area contributed by atoms with Crippen LogP contribution in [0.5, 0.6) is 5.75 Å². The van der Waals surface area contributed by atoms with Gasteiger partial charge in [0.25, 0.3) is 0 Å². The summed E-state index contributed by atoms with van der Waals surface area (Å²) in [7, 11) is 0. The molecular formula is C18H17FN2O3. The second-order valence-electron chi connectivity index (χ2n) is 5.52. The Balaban J connectivity index is 1.76. The first kappa shape index (κ1) is 16.0. The topological polar surface area (TPSA) is 58.6 Å². The minimum Gasteiger partial charge on any atom is -0.490 e. The van der Waals surface area contributed by atoms with Crippen molar-refractivity contribution in [3.8, 4) is 5.75 Å². The standard InChI is InChI=1S/C18H17FN2O3/c1-12(22)21-8-9-24-17-7-6-14(11-16(17)21)20-18(23)10-13-4-2-3-5-15(13)19/h2-7,11H,8-10H2,1H3,(H,20,23). The number of carbonyl (C=O) groups is 2. The molecule has 24 heavy (non-hydrogen) atoms. The third kappa shape index (κ3) is 3.37. The van der Waals surface area contributed by atoms with Gasteiger partial charge in [0, 0.05) is 12.6 Å². The normalized spacial score (nSPS) is 13.0. The van der Waals surface area contributed by atoms with Gasteiger partial charge in [-0.2, -0.15) is 0 Å². The lowest BCUT2D eigenvalue weighted by molar-refractivity contribution is -0.117. The van der Waals surface area contributed by atoms with Gasteiger partial charge in [0.2, 0.25) is 11.8 Å². The highest BCUT2D eigenvalue weighted by Gasteiger charge is 2.21. The largest absolute Gasteiger partial charge is 0.490 e. The molecule has 0 radical (unpaired) electrons. The zero-order chi connectivity index (χ0) is 17.1. The number of nitrogens with one attached hydrogen (secondary N) is 1. The number of halogens is 1. The highest BCUT2D eigenvalue weighted by atomic mass is 19.1. The molecule has 0 aromatic heterocycles. The van der Waals surface area contributed by atoms with Gasteiger partial charge in [-0.25, -0.2) is 4.39 Å². The van der Waals surface area contributed by atoms with Crippen molar-refractivity contribution in [3.05, 3.63) is 53.8 Å². The first-order valence-corrected chi connectivity index (χ1v) is 7.63. The fourth-order valence-electron chi connectivity index (χ4n) is 2.64. The SMILES string of the molecule is CC(=O)N1CCOc2ccc(NC(=O)Cc3ccccc3F)cc21. The number of benzene rings is 2. The molecule has 2 amide bonds. The summed E-state index contributed by atoms with van der Waals surface area (Å²) < 4.78 is 19.1. The maximum atomic E-state index is 13.6. The maximum absolute atomic E-state index is 13.6. The van der Waals surface area contributed by atoms with Crippen LogP contribution in [0, 0.1) is 5.82 Å². The fraction of sp³-hybridized carbons (Fsp3) is 0.222. The van der Waals surface area contributed by atoms with Crippen LogP contribution >= 0.6 is 0 Å². The lowest BCUT2D eigenvalue weighted by atomic mass is 10.1. The molecule has 2 aromatic carbocycles. The summed E-state index contributed by atoms with van der Waals surface area (Å²) >= 11 is 0. The molecule has 0 spiro atoms. The number of anilines is 2. The van der Waals surface area contributed by atoms with Gasteiger partial charge in [0.05, 0.1) is 18.7 Å². The molecule has 6 heteroatoms. The van der Waals surface area contributed by atoms with Crippen molar-refractivity contribution in [1.82, 2.24) is 0 Å². The van der Waals surface area contributed by atoms with Crippen LogP contribution in [-0.4, -0.2) is 25.0 Å². The van der Waals surface area contributed by atoms with E-state index < -0.39 is 5.82 Å². The van der Waals surface area contributed by atoms with Crippen molar-refractivity contribution in [2.24, 2.45) is 0 Å². The number of fused-ring (bicyclic) bond motifs is 1. The molecular weight excluding hydrogens is 311 g/mol. The van der Waals surface area contributed by atoms with Gasteiger partial charge < -0.3 is 15.0 Å². The Morgan fingerprint density at radius 2 is 2.04 bits per heavy atom. The monoisotopic (exact) mass is 328 g/mol. The van der Waals surface area contributed by atoms with Crippen LogP contribution in [0.3, 0.4) is 0 Å². The van der Waals surface area contributed by atoms with Gasteiger partial charge in [-0.15, -0.1) is 0 Å². The molecule has 124 valence electrons. The number of rotatable bonds is 3. The first-order valence-electron chi connectivity index (χ1n) is 7.63. The molecule has 0 unspecified atom stereocenters. The highest BCUT2D eigenvalue weighted by Crippen LogP contribution is 2.34. The summed E-state index contributed by atoms with van der Waals surface area (Å²) in [4.78, 5) is 25.4. The molecule has 3 rings (SSSR count). The average Bonchev–Trinajstić information content (AvgIpc) is 2.56. The zero-order valence-corrected chi connectivity index (χ0v) is 13.2. The van der Waals surface area contributed by atoms with Crippen LogP contribution in [0.4, 0.5) is 15.8 Å². The Bertz CT molecular complexity index is 792. The minimum atomic E-state index is -0.408. The van der Waals surface area contributed by atoms with Crippen molar-refractivity contribution in [3.63, 3.8) is 0 Å². The molecule has 0 saturated carbocycles. The van der Waals surface area contributed by atoms with Gasteiger partial charge in [-0.1, -0.05) is 18.2 Å². The number of hydrogen-bond acceptors (Lipinski definition) is 3. The summed E-state index contributed by atoms with van der Waals surface area (Å²) in [5.41, 5.74) is 1.49. The minimum absolute atomic E-state index is 0.0588. The van der Waals surface area contributed by atoms with E-state index in [2.05, 4.69) is 5.32 Å². The van der Waals surface area contributed by atoms with Crippen molar-refractivity contribution in [2.45, 2.75) is 13.3 Å². The Labute approximate surface area is 139 Å². The number of carbonyl (C=O) groups excluding carboxylic acids is 2. The van der Waals surface area contributed by atoms with E-state index in [-0.39, 0.29) is 18.2 Å². The molecule has 1 heterocycles. The quantitative estimate of drug-likeness (QED) is 0.942. The van der Waals surface area contributed by atoms with Gasteiger partial charge >= 0.3 is 0 Å². The van der Waals surface area contributed by atoms with Gasteiger partial charge in [-0.05, 0) is 29.8 Å². The smallest absolute Gasteiger partial charge is 0.228 e. The van der Waals surface area contributed by atoms with E-state index in [4.69, 9.17) is 4.74 Å². The van der Waals surface area contributed by atoms with Crippen molar-refractivity contribution in [1.29, 1.82) is 0 Å². The molecule has 0 bridgehead atoms. The van der Waals surface area contributed by atoms with Gasteiger partial charge in [-0.3, -0.25) is 9.59 Å². The van der Waals surface area contributed by atoms with E-state index >= 15 is 0 Å². The van der Waals surface area contributed by atoms with Gasteiger partial charge in [0.1, 0.15) is 18.2 Å². The number of amides is 2. The Morgan fingerprint density at radius 3 is 2.79 bits per heavy atom. The van der Waals surface area contributed by atoms with E-state index in [0.717, 1.165) is 0 Å². The van der Waals surface area contributed by atoms with Crippen molar-refractivity contribution < 1.29 is 18.7 Å². The van der Waals surface area contributed by atoms with E-state index in [9.17, 15) is 14.0 Å². The number of ether oxygens (including phenoxy) is 1. The highest BCUT2D eigenvalue weighted by molar-refractivity contribution is 5.97. The van der Waals surface area contributed by atoms with Crippen LogP contribution < -0.4 is 15.0 Å². The van der Waals surface area contributed by atoms with Crippen molar-refractivity contribution >= 4 is 23.2 Å². The molecule has 0 fully saturated rings. The summed E-state index contributed by atoms with van der Waals surface area (Å²) in [6.07, 6.45) is -0.0588. The fourth-order valence-corrected chi connectivity index (χ4v) is 2.64. The second kappa shape index (κ2) is 6.70. The summed E-state index contributed by atoms with van der Waals surface area (Å²) in [6.45, 7) is 2.39. The predicted octanol–water partition coefficient (Wildman–Crippen LogP) is 2.75. The van der Waals surface area contributed by atoms with Crippen LogP contribution in [-0.2, 0) is 16.0 Å². The molecule has 1 aliphatic heterocycles. The lowest BCUT2D eigenvalue weighted by Crippen LogP contribution is -2.36. The molecule has 1 N–H and O–H groups in total. The Hall–Kier alpha value is -2.89. The van der Waals surface area contributed by atoms with Crippen LogP contribution in [0.1, 0.15) is 12.5 Å². The van der Waals surface area contributed by atoms with E-state index in [1.165, 1.54) is 13.0 Å². The van der Waals surface area contributed by atoms with Crippen LogP contribution in [0.15, 0.2) is 42.5 Å². The molecule has 0 aliphatic carbocycles. The lowest BCUT2D eigenvalue weighted by Gasteiger charge is -2.29. The van der Waals surface area contributed by atoms with Crippen LogP contribution in [0.25, 0.3) is 0 Å². The van der Waals surface area contributed by atoms with Gasteiger partial charge in [0.15, 0.2) is 0 Å². The molecule has 5 nitrogen and oxygen atoms in total. The third-order valence-corrected chi connectivity index (χ3v) is 3.79. The third-order valence-electron chi connectivity index (χ3n) is 3.79. The molecule has 0 saturated heterocycles. The summed E-state index contributed by atoms with van der Waals surface area (Å²) in [6, 6.07) is 11.3. The molecule has 0 atom stereocenters. The van der Waals surface area contributed by atoms with Crippen molar-refractivity contribution in [2.75, 3.05) is 23.4 Å². The Morgan fingerprint density at radius 1 is 1.25 bits per heavy atom. The van der Waals surface area contributed by atoms with E-state index in [0.29, 0.717) is 35.8 Å². The first-order chi connectivity index (χ1) is 11.5. The Kier molecular flexibility index (Phi) is 4.46. The summed E-state index contributed by atoms with van der Waals surface area (Å²) in [5, 5.41) is 2.73. The van der Waals surface area contributed by atoms with E-state index in [1.54, 1.807) is 41.3 Å². The molecule has 2 aromatic rings. The summed E-state index contributed by atoms with van der Waals surface area (Å²) in [5.74, 6) is -0.224.